The van der Waals surface area contributed by atoms with Crippen molar-refractivity contribution in [2.45, 2.75) is 18.6 Å². The average Bonchev–Trinajstić information content (AvgIpc) is 2.95. The summed E-state index contributed by atoms with van der Waals surface area (Å²) >= 11 is 0. The Morgan fingerprint density at radius 3 is 2.89 bits per heavy atom. The van der Waals surface area contributed by atoms with Gasteiger partial charge in [-0.25, -0.2) is 5.01 Å². The fraction of sp³-hybridized carbons (Fsp3) is 0.214. The molecular weight excluding hydrogens is 228 g/mol. The van der Waals surface area contributed by atoms with E-state index in [1.807, 2.05) is 42.6 Å². The first-order valence-electron chi connectivity index (χ1n) is 6.05. The molecule has 0 saturated carbocycles. The molecule has 4 rings (SSSR count). The zero-order valence-electron chi connectivity index (χ0n) is 9.65. The van der Waals surface area contributed by atoms with Crippen LogP contribution in [-0.2, 0) is 0 Å². The average molecular weight is 240 g/mol. The van der Waals surface area contributed by atoms with Crippen LogP contribution in [-0.4, -0.2) is 15.7 Å². The maximum Gasteiger partial charge on any atom is 0.273 e. The quantitative estimate of drug-likeness (QED) is 0.762. The summed E-state index contributed by atoms with van der Waals surface area (Å²) in [6.07, 6.45) is 1.88. The molecule has 2 aliphatic rings. The molecule has 1 aromatic carbocycles. The van der Waals surface area contributed by atoms with Gasteiger partial charge in [-0.05, 0) is 23.8 Å². The van der Waals surface area contributed by atoms with Crippen LogP contribution in [0.15, 0.2) is 42.6 Å². The summed E-state index contributed by atoms with van der Waals surface area (Å²) in [5, 5.41) is 11.9. The van der Waals surface area contributed by atoms with Crippen LogP contribution in [0.3, 0.4) is 0 Å². The molecule has 2 atom stereocenters. The molecule has 2 aliphatic heterocycles. The lowest BCUT2D eigenvalue weighted by Crippen LogP contribution is -2.43. The van der Waals surface area contributed by atoms with Gasteiger partial charge in [-0.3, -0.25) is 9.47 Å². The Bertz CT molecular complexity index is 647. The Labute approximate surface area is 104 Å². The first-order chi connectivity index (χ1) is 8.77. The number of benzene rings is 1. The largest absolute Gasteiger partial charge is 0.387 e. The number of carbonyl (C=O) groups is 1. The number of fused-ring (bicyclic) bond motifs is 5. The van der Waals surface area contributed by atoms with E-state index in [9.17, 15) is 9.90 Å². The molecule has 0 saturated heterocycles. The van der Waals surface area contributed by atoms with Gasteiger partial charge < -0.3 is 5.11 Å². The summed E-state index contributed by atoms with van der Waals surface area (Å²) in [7, 11) is 0. The normalized spacial score (nSPS) is 24.7. The Morgan fingerprint density at radius 2 is 2.00 bits per heavy atom. The second kappa shape index (κ2) is 3.23. The van der Waals surface area contributed by atoms with Crippen molar-refractivity contribution in [1.82, 2.24) is 4.68 Å². The highest BCUT2D eigenvalue weighted by atomic mass is 16.3. The zero-order chi connectivity index (χ0) is 12.3. The topological polar surface area (TPSA) is 45.5 Å². The summed E-state index contributed by atoms with van der Waals surface area (Å²) < 4.78 is 1.78. The lowest BCUT2D eigenvalue weighted by atomic mass is 9.98. The summed E-state index contributed by atoms with van der Waals surface area (Å²) in [6.45, 7) is 0. The highest BCUT2D eigenvalue weighted by molar-refractivity contribution is 6.06. The first-order valence-corrected chi connectivity index (χ1v) is 6.05. The predicted octanol–water partition coefficient (Wildman–Crippen LogP) is 1.76. The van der Waals surface area contributed by atoms with E-state index >= 15 is 0 Å². The second-order valence-corrected chi connectivity index (χ2v) is 4.78. The first kappa shape index (κ1) is 9.91. The summed E-state index contributed by atoms with van der Waals surface area (Å²) in [6, 6.07) is 11.3. The van der Waals surface area contributed by atoms with E-state index < -0.39 is 6.10 Å². The molecule has 90 valence electrons. The lowest BCUT2D eigenvalue weighted by molar-refractivity contribution is 0.0888. The number of hydrogen-bond acceptors (Lipinski definition) is 2. The fourth-order valence-corrected chi connectivity index (χ4v) is 3.03. The van der Waals surface area contributed by atoms with Gasteiger partial charge in [0.2, 0.25) is 0 Å². The van der Waals surface area contributed by atoms with Gasteiger partial charge >= 0.3 is 0 Å². The predicted molar refractivity (Wildman–Crippen MR) is 65.7 cm³/mol. The molecule has 0 aliphatic carbocycles. The van der Waals surface area contributed by atoms with Crippen molar-refractivity contribution in [2.24, 2.45) is 0 Å². The minimum absolute atomic E-state index is 0.0138. The van der Waals surface area contributed by atoms with Gasteiger partial charge in [-0.15, -0.1) is 0 Å². The number of hydrogen-bond donors (Lipinski definition) is 1. The van der Waals surface area contributed by atoms with Crippen LogP contribution >= 0.6 is 0 Å². The van der Waals surface area contributed by atoms with Crippen molar-refractivity contribution >= 4 is 5.91 Å². The third-order valence-electron chi connectivity index (χ3n) is 3.83. The maximum atomic E-state index is 12.4. The molecule has 1 N–H and O–H groups in total. The van der Waals surface area contributed by atoms with E-state index in [2.05, 4.69) is 0 Å². The molecule has 2 aromatic rings. The van der Waals surface area contributed by atoms with Gasteiger partial charge in [-0.1, -0.05) is 18.2 Å². The van der Waals surface area contributed by atoms with Gasteiger partial charge in [-0.2, -0.15) is 0 Å². The van der Waals surface area contributed by atoms with Gasteiger partial charge in [0, 0.05) is 18.2 Å². The van der Waals surface area contributed by atoms with Crippen molar-refractivity contribution < 1.29 is 9.90 Å². The van der Waals surface area contributed by atoms with Crippen LogP contribution in [0.2, 0.25) is 0 Å². The van der Waals surface area contributed by atoms with E-state index in [4.69, 9.17) is 0 Å². The molecule has 4 nitrogen and oxygen atoms in total. The Balaban J connectivity index is 1.95. The third kappa shape index (κ3) is 1.06. The molecule has 0 spiro atoms. The van der Waals surface area contributed by atoms with E-state index in [0.29, 0.717) is 6.42 Å². The molecule has 0 unspecified atom stereocenters. The Morgan fingerprint density at radius 1 is 1.17 bits per heavy atom. The summed E-state index contributed by atoms with van der Waals surface area (Å²) in [4.78, 5) is 12.4. The number of carbonyl (C=O) groups excluding carboxylic acids is 1. The van der Waals surface area contributed by atoms with Crippen LogP contribution < -0.4 is 5.01 Å². The Hall–Kier alpha value is -2.07. The van der Waals surface area contributed by atoms with Crippen LogP contribution in [0, 0.1) is 0 Å². The van der Waals surface area contributed by atoms with Crippen molar-refractivity contribution in [3.05, 3.63) is 59.4 Å². The molecule has 0 bridgehead atoms. The number of rotatable bonds is 0. The lowest BCUT2D eigenvalue weighted by Gasteiger charge is -2.35. The van der Waals surface area contributed by atoms with Gasteiger partial charge in [0.1, 0.15) is 0 Å². The van der Waals surface area contributed by atoms with Crippen molar-refractivity contribution in [1.29, 1.82) is 0 Å². The number of nitrogens with zero attached hydrogens (tertiary/aromatic N) is 2. The minimum atomic E-state index is -0.514. The maximum absolute atomic E-state index is 12.4. The molecule has 1 aromatic heterocycles. The molecule has 1 amide bonds. The number of aliphatic hydroxyl groups is 1. The third-order valence-corrected chi connectivity index (χ3v) is 3.83. The van der Waals surface area contributed by atoms with Crippen LogP contribution in [0.5, 0.6) is 0 Å². The monoisotopic (exact) mass is 240 g/mol. The Kier molecular flexibility index (Phi) is 1.78. The van der Waals surface area contributed by atoms with Gasteiger partial charge in [0.15, 0.2) is 0 Å². The fourth-order valence-electron chi connectivity index (χ4n) is 3.03. The second-order valence-electron chi connectivity index (χ2n) is 4.78. The highest BCUT2D eigenvalue weighted by Crippen LogP contribution is 2.42. The molecule has 0 fully saturated rings. The standard InChI is InChI=1S/C14H12N2O2/c17-13-8-12-9-4-1-2-5-10(9)14(18)16(12)15-7-3-6-11(13)15/h1-7,12-13,17H,8H2/t12-,13-/m1/s1. The van der Waals surface area contributed by atoms with Crippen LogP contribution in [0.4, 0.5) is 0 Å². The summed E-state index contributed by atoms with van der Waals surface area (Å²) in [5.74, 6) is 0.0138. The van der Waals surface area contributed by atoms with E-state index in [1.54, 1.807) is 9.69 Å². The van der Waals surface area contributed by atoms with Crippen LogP contribution in [0.25, 0.3) is 0 Å². The van der Waals surface area contributed by atoms with Crippen molar-refractivity contribution in [3.63, 3.8) is 0 Å². The number of aliphatic hydroxyl groups excluding tert-OH is 1. The summed E-state index contributed by atoms with van der Waals surface area (Å²) in [5.41, 5.74) is 2.55. The zero-order valence-corrected chi connectivity index (χ0v) is 9.65. The number of amides is 1. The SMILES string of the molecule is O=C1c2ccccc2[C@H]2C[C@@H](O)c3cccn3N12. The van der Waals surface area contributed by atoms with Crippen LogP contribution in [0.1, 0.15) is 40.2 Å². The smallest absolute Gasteiger partial charge is 0.273 e. The molecule has 4 heteroatoms. The molecular formula is C14H12N2O2. The van der Waals surface area contributed by atoms with Gasteiger partial charge in [0.25, 0.3) is 5.91 Å². The highest BCUT2D eigenvalue weighted by Gasteiger charge is 2.43. The molecule has 3 heterocycles. The van der Waals surface area contributed by atoms with E-state index in [0.717, 1.165) is 16.8 Å². The molecule has 0 radical (unpaired) electrons. The minimum Gasteiger partial charge on any atom is -0.387 e. The van der Waals surface area contributed by atoms with Crippen molar-refractivity contribution in [2.75, 3.05) is 5.01 Å². The van der Waals surface area contributed by atoms with Gasteiger partial charge in [0.05, 0.1) is 17.8 Å². The van der Waals surface area contributed by atoms with E-state index in [-0.39, 0.29) is 11.9 Å². The number of aromatic nitrogens is 1. The van der Waals surface area contributed by atoms with E-state index in [1.165, 1.54) is 0 Å². The van der Waals surface area contributed by atoms with Crippen molar-refractivity contribution in [3.8, 4) is 0 Å². The molecule has 18 heavy (non-hydrogen) atoms.